The lowest BCUT2D eigenvalue weighted by Crippen LogP contribution is -2.47. The third-order valence-electron chi connectivity index (χ3n) is 7.00. The number of amides is 1. The monoisotopic (exact) mass is 483 g/mol. The Bertz CT molecular complexity index is 890. The maximum Gasteiger partial charge on any atom is 0.222 e. The Morgan fingerprint density at radius 2 is 1.77 bits per heavy atom. The summed E-state index contributed by atoms with van der Waals surface area (Å²) in [6.07, 6.45) is 5.90. The molecule has 0 bridgehead atoms. The number of para-hydroxylation sites is 1. The van der Waals surface area contributed by atoms with Crippen molar-refractivity contribution in [3.05, 3.63) is 41.6 Å². The van der Waals surface area contributed by atoms with Crippen LogP contribution in [0.2, 0.25) is 0 Å². The Balaban J connectivity index is 1.89. The van der Waals surface area contributed by atoms with Crippen molar-refractivity contribution < 1.29 is 9.53 Å². The molecule has 194 valence electrons. The quantitative estimate of drug-likeness (QED) is 0.366. The number of rotatable bonds is 14. The van der Waals surface area contributed by atoms with Gasteiger partial charge in [-0.2, -0.15) is 5.10 Å². The van der Waals surface area contributed by atoms with E-state index in [1.54, 1.807) is 7.11 Å². The minimum Gasteiger partial charge on any atom is -0.385 e. The van der Waals surface area contributed by atoms with Gasteiger partial charge in [0.1, 0.15) is 5.82 Å². The number of ether oxygens (including phenoxy) is 1. The Hall–Kier alpha value is -2.38. The van der Waals surface area contributed by atoms with Gasteiger partial charge < -0.3 is 19.4 Å². The van der Waals surface area contributed by atoms with Crippen LogP contribution < -0.4 is 4.90 Å². The van der Waals surface area contributed by atoms with E-state index in [0.717, 1.165) is 74.7 Å². The first-order chi connectivity index (χ1) is 17.1. The molecule has 7 nitrogen and oxygen atoms in total. The maximum atomic E-state index is 13.3. The van der Waals surface area contributed by atoms with Gasteiger partial charge in [-0.3, -0.25) is 4.79 Å². The van der Waals surface area contributed by atoms with E-state index < -0.39 is 0 Å². The number of nitrogens with zero attached hydrogens (tertiary/aromatic N) is 5. The predicted molar refractivity (Wildman–Crippen MR) is 143 cm³/mol. The summed E-state index contributed by atoms with van der Waals surface area (Å²) in [4.78, 5) is 20.3. The normalized spacial score (nSPS) is 14.5. The average Bonchev–Trinajstić information content (AvgIpc) is 3.22. The van der Waals surface area contributed by atoms with Crippen LogP contribution in [0.5, 0.6) is 0 Å². The van der Waals surface area contributed by atoms with Crippen LogP contribution in [0.25, 0.3) is 5.69 Å². The van der Waals surface area contributed by atoms with Crippen molar-refractivity contribution >= 4 is 11.7 Å². The molecule has 3 rings (SSSR count). The molecule has 1 fully saturated rings. The fourth-order valence-electron chi connectivity index (χ4n) is 4.83. The van der Waals surface area contributed by atoms with Gasteiger partial charge in [0.15, 0.2) is 0 Å². The van der Waals surface area contributed by atoms with Gasteiger partial charge in [0.25, 0.3) is 0 Å². The second-order valence-electron chi connectivity index (χ2n) is 9.53. The molecule has 1 aliphatic heterocycles. The van der Waals surface area contributed by atoms with E-state index in [-0.39, 0.29) is 5.91 Å². The molecule has 0 N–H and O–H groups in total. The van der Waals surface area contributed by atoms with Crippen molar-refractivity contribution in [2.45, 2.75) is 65.8 Å². The number of aromatic nitrogens is 2. The fourth-order valence-corrected chi connectivity index (χ4v) is 4.83. The molecular weight excluding hydrogens is 438 g/mol. The van der Waals surface area contributed by atoms with E-state index in [9.17, 15) is 4.79 Å². The third-order valence-corrected chi connectivity index (χ3v) is 7.00. The van der Waals surface area contributed by atoms with Crippen LogP contribution in [0.15, 0.2) is 30.3 Å². The number of carbonyl (C=O) groups is 1. The summed E-state index contributed by atoms with van der Waals surface area (Å²) >= 11 is 0. The number of methoxy groups -OCH3 is 1. The van der Waals surface area contributed by atoms with Crippen molar-refractivity contribution in [2.24, 2.45) is 0 Å². The van der Waals surface area contributed by atoms with Crippen LogP contribution in [0.1, 0.15) is 63.6 Å². The van der Waals surface area contributed by atoms with Crippen LogP contribution in [-0.4, -0.2) is 78.5 Å². The second kappa shape index (κ2) is 14.2. The van der Waals surface area contributed by atoms with Crippen LogP contribution in [-0.2, 0) is 16.1 Å². The van der Waals surface area contributed by atoms with E-state index in [4.69, 9.17) is 9.84 Å². The Morgan fingerprint density at radius 3 is 2.43 bits per heavy atom. The summed E-state index contributed by atoms with van der Waals surface area (Å²) in [6.45, 7) is 13.6. The van der Waals surface area contributed by atoms with Crippen molar-refractivity contribution in [3.8, 4) is 5.69 Å². The summed E-state index contributed by atoms with van der Waals surface area (Å²) in [5, 5.41) is 4.99. The Morgan fingerprint density at radius 1 is 1.03 bits per heavy atom. The van der Waals surface area contributed by atoms with Crippen molar-refractivity contribution in [2.75, 3.05) is 57.9 Å². The zero-order chi connectivity index (χ0) is 25.0. The van der Waals surface area contributed by atoms with Gasteiger partial charge in [-0.25, -0.2) is 4.68 Å². The molecule has 2 aromatic rings. The number of anilines is 1. The molecule has 1 aromatic heterocycles. The largest absolute Gasteiger partial charge is 0.385 e. The number of aryl methyl sites for hydroxylation is 1. The molecule has 0 unspecified atom stereocenters. The Labute approximate surface area is 212 Å². The molecule has 7 heteroatoms. The highest BCUT2D eigenvalue weighted by Crippen LogP contribution is 2.30. The topological polar surface area (TPSA) is 53.8 Å². The molecule has 2 heterocycles. The predicted octanol–water partition coefficient (Wildman–Crippen LogP) is 4.66. The molecule has 1 amide bonds. The Kier molecular flexibility index (Phi) is 11.1. The average molecular weight is 484 g/mol. The molecule has 1 saturated heterocycles. The van der Waals surface area contributed by atoms with Crippen LogP contribution in [0, 0.1) is 6.92 Å². The maximum absolute atomic E-state index is 13.3. The van der Waals surface area contributed by atoms with Gasteiger partial charge >= 0.3 is 0 Å². The SMILES string of the molecule is CCCCCCC(=O)N(CCCOC)Cc1c(C)nn(-c2ccccc2)c1N1CCN(CC)CC1. The highest BCUT2D eigenvalue weighted by atomic mass is 16.5. The van der Waals surface area contributed by atoms with Gasteiger partial charge in [-0.15, -0.1) is 0 Å². The van der Waals surface area contributed by atoms with E-state index >= 15 is 0 Å². The lowest BCUT2D eigenvalue weighted by Gasteiger charge is -2.36. The first-order valence-electron chi connectivity index (χ1n) is 13.5. The minimum absolute atomic E-state index is 0.241. The second-order valence-corrected chi connectivity index (χ2v) is 9.53. The summed E-state index contributed by atoms with van der Waals surface area (Å²) in [7, 11) is 1.72. The fraction of sp³-hybridized carbons (Fsp3) is 0.643. The summed E-state index contributed by atoms with van der Waals surface area (Å²) in [5.41, 5.74) is 3.22. The third kappa shape index (κ3) is 7.55. The zero-order valence-electron chi connectivity index (χ0n) is 22.3. The van der Waals surface area contributed by atoms with Gasteiger partial charge in [-0.1, -0.05) is 51.3 Å². The first-order valence-corrected chi connectivity index (χ1v) is 13.5. The number of likely N-dealkylation sites (N-methyl/N-ethyl adjacent to an activating group) is 1. The molecule has 0 saturated carbocycles. The standard InChI is InChI=1S/C28H45N5O2/c1-5-7-8-12-16-27(34)32(17-13-22-35-4)23-26-24(3)29-33(25-14-10-9-11-15-25)28(26)31-20-18-30(6-2)19-21-31/h9-11,14-15H,5-8,12-13,16-23H2,1-4H3. The van der Waals surface area contributed by atoms with E-state index in [2.05, 4.69) is 59.5 Å². The van der Waals surface area contributed by atoms with Gasteiger partial charge in [0.2, 0.25) is 5.91 Å². The highest BCUT2D eigenvalue weighted by molar-refractivity contribution is 5.76. The molecule has 0 spiro atoms. The molecule has 0 radical (unpaired) electrons. The number of piperazine rings is 1. The number of hydrogen-bond donors (Lipinski definition) is 0. The number of hydrogen-bond acceptors (Lipinski definition) is 5. The van der Waals surface area contributed by atoms with Gasteiger partial charge in [-0.05, 0) is 38.4 Å². The summed E-state index contributed by atoms with van der Waals surface area (Å²) in [6, 6.07) is 10.4. The minimum atomic E-state index is 0.241. The summed E-state index contributed by atoms with van der Waals surface area (Å²) < 4.78 is 7.38. The van der Waals surface area contributed by atoms with E-state index in [0.29, 0.717) is 26.1 Å². The van der Waals surface area contributed by atoms with Crippen LogP contribution in [0.3, 0.4) is 0 Å². The lowest BCUT2D eigenvalue weighted by molar-refractivity contribution is -0.132. The van der Waals surface area contributed by atoms with Gasteiger partial charge in [0, 0.05) is 58.4 Å². The molecule has 1 aromatic carbocycles. The van der Waals surface area contributed by atoms with E-state index in [1.807, 2.05) is 11.0 Å². The highest BCUT2D eigenvalue weighted by Gasteiger charge is 2.27. The van der Waals surface area contributed by atoms with Crippen LogP contribution in [0.4, 0.5) is 5.82 Å². The molecular formula is C28H45N5O2. The molecule has 1 aliphatic rings. The van der Waals surface area contributed by atoms with Crippen molar-refractivity contribution in [1.82, 2.24) is 19.6 Å². The van der Waals surface area contributed by atoms with Crippen LogP contribution >= 0.6 is 0 Å². The summed E-state index contributed by atoms with van der Waals surface area (Å²) in [5.74, 6) is 1.38. The molecule has 35 heavy (non-hydrogen) atoms. The number of carbonyl (C=O) groups excluding carboxylic acids is 1. The lowest BCUT2D eigenvalue weighted by atomic mass is 10.1. The zero-order valence-corrected chi connectivity index (χ0v) is 22.3. The van der Waals surface area contributed by atoms with Crippen molar-refractivity contribution in [1.29, 1.82) is 0 Å². The van der Waals surface area contributed by atoms with E-state index in [1.165, 1.54) is 12.8 Å². The smallest absolute Gasteiger partial charge is 0.222 e. The van der Waals surface area contributed by atoms with Crippen molar-refractivity contribution in [3.63, 3.8) is 0 Å². The number of benzene rings is 1. The number of unbranched alkanes of at least 4 members (excludes halogenated alkanes) is 3. The van der Waals surface area contributed by atoms with Gasteiger partial charge in [0.05, 0.1) is 17.9 Å². The molecule has 0 atom stereocenters. The molecule has 0 aliphatic carbocycles. The first kappa shape index (κ1) is 27.2.